The lowest BCUT2D eigenvalue weighted by atomic mass is 10.2. The van der Waals surface area contributed by atoms with Gasteiger partial charge >= 0.3 is 0 Å². The van der Waals surface area contributed by atoms with E-state index in [0.29, 0.717) is 0 Å². The zero-order chi connectivity index (χ0) is 11.1. The van der Waals surface area contributed by atoms with Crippen LogP contribution in [0.25, 0.3) is 10.9 Å². The Labute approximate surface area is 104 Å². The van der Waals surface area contributed by atoms with Gasteiger partial charge in [0.1, 0.15) is 5.82 Å². The maximum Gasteiger partial charge on any atom is 0.109 e. The molecule has 1 saturated heterocycles. The second-order valence-electron chi connectivity index (χ2n) is 4.46. The van der Waals surface area contributed by atoms with Gasteiger partial charge in [0.2, 0.25) is 0 Å². The standard InChI is InChI=1S/C13H15BrN2/c1-15-12-5-4-11(14)8-10(12)9-13(15)16-6-2-3-7-16/h4-5,8-9H,2-3,6-7H2,1H3. The van der Waals surface area contributed by atoms with Gasteiger partial charge in [-0.1, -0.05) is 15.9 Å². The summed E-state index contributed by atoms with van der Waals surface area (Å²) >= 11 is 3.53. The molecule has 3 rings (SSSR count). The summed E-state index contributed by atoms with van der Waals surface area (Å²) in [6.45, 7) is 2.40. The summed E-state index contributed by atoms with van der Waals surface area (Å²) < 4.78 is 3.45. The first-order valence-electron chi connectivity index (χ1n) is 5.75. The van der Waals surface area contributed by atoms with Crippen LogP contribution < -0.4 is 4.90 Å². The van der Waals surface area contributed by atoms with E-state index in [4.69, 9.17) is 0 Å². The van der Waals surface area contributed by atoms with Crippen molar-refractivity contribution in [1.82, 2.24) is 4.57 Å². The topological polar surface area (TPSA) is 8.17 Å². The van der Waals surface area contributed by atoms with Crippen LogP contribution in [0.2, 0.25) is 0 Å². The van der Waals surface area contributed by atoms with E-state index in [-0.39, 0.29) is 0 Å². The van der Waals surface area contributed by atoms with Crippen molar-refractivity contribution in [3.63, 3.8) is 0 Å². The lowest BCUT2D eigenvalue weighted by Gasteiger charge is -2.18. The minimum atomic E-state index is 1.15. The van der Waals surface area contributed by atoms with E-state index in [1.54, 1.807) is 0 Å². The van der Waals surface area contributed by atoms with Crippen molar-refractivity contribution in [3.8, 4) is 0 Å². The van der Waals surface area contributed by atoms with E-state index in [1.165, 1.54) is 42.7 Å². The van der Waals surface area contributed by atoms with Gasteiger partial charge in [0.25, 0.3) is 0 Å². The maximum atomic E-state index is 3.53. The number of aromatic nitrogens is 1. The average Bonchev–Trinajstić information content (AvgIpc) is 2.86. The highest BCUT2D eigenvalue weighted by Crippen LogP contribution is 2.29. The first-order valence-corrected chi connectivity index (χ1v) is 6.55. The van der Waals surface area contributed by atoms with Crippen molar-refractivity contribution in [2.24, 2.45) is 7.05 Å². The number of anilines is 1. The molecule has 1 aliphatic heterocycles. The molecule has 0 unspecified atom stereocenters. The minimum absolute atomic E-state index is 1.15. The Hall–Kier alpha value is -0.960. The highest BCUT2D eigenvalue weighted by atomic mass is 79.9. The van der Waals surface area contributed by atoms with Gasteiger partial charge < -0.3 is 9.47 Å². The van der Waals surface area contributed by atoms with Crippen LogP contribution in [-0.2, 0) is 7.05 Å². The molecule has 16 heavy (non-hydrogen) atoms. The number of hydrogen-bond acceptors (Lipinski definition) is 1. The summed E-state index contributed by atoms with van der Waals surface area (Å²) in [5.41, 5.74) is 1.31. The van der Waals surface area contributed by atoms with Crippen LogP contribution in [0.5, 0.6) is 0 Å². The molecule has 2 nitrogen and oxygen atoms in total. The molecule has 1 fully saturated rings. The Morgan fingerprint density at radius 1 is 1.12 bits per heavy atom. The van der Waals surface area contributed by atoms with Gasteiger partial charge in [-0.15, -0.1) is 0 Å². The van der Waals surface area contributed by atoms with E-state index in [9.17, 15) is 0 Å². The SMILES string of the molecule is Cn1c(N2CCCC2)cc2cc(Br)ccc21. The lowest BCUT2D eigenvalue weighted by molar-refractivity contribution is 0.861. The molecular formula is C13H15BrN2. The fourth-order valence-corrected chi connectivity index (χ4v) is 2.93. The Balaban J connectivity index is 2.14. The molecule has 0 saturated carbocycles. The van der Waals surface area contributed by atoms with Crippen LogP contribution >= 0.6 is 15.9 Å². The third-order valence-electron chi connectivity index (χ3n) is 3.41. The molecule has 0 aliphatic carbocycles. The molecule has 0 bridgehead atoms. The second kappa shape index (κ2) is 3.81. The van der Waals surface area contributed by atoms with E-state index in [1.807, 2.05) is 0 Å². The number of benzene rings is 1. The van der Waals surface area contributed by atoms with Gasteiger partial charge in [-0.3, -0.25) is 0 Å². The van der Waals surface area contributed by atoms with Crippen molar-refractivity contribution in [3.05, 3.63) is 28.7 Å². The van der Waals surface area contributed by atoms with Crippen molar-refractivity contribution in [2.75, 3.05) is 18.0 Å². The number of rotatable bonds is 1. The summed E-state index contributed by atoms with van der Waals surface area (Å²) in [4.78, 5) is 2.48. The molecule has 3 heteroatoms. The van der Waals surface area contributed by atoms with Crippen LogP contribution in [0, 0.1) is 0 Å². The normalized spacial score (nSPS) is 16.2. The summed E-state index contributed by atoms with van der Waals surface area (Å²) in [5.74, 6) is 1.35. The van der Waals surface area contributed by atoms with Crippen LogP contribution in [0.15, 0.2) is 28.7 Å². The molecule has 1 aromatic heterocycles. The number of hydrogen-bond donors (Lipinski definition) is 0. The van der Waals surface area contributed by atoms with Crippen molar-refractivity contribution >= 4 is 32.7 Å². The predicted octanol–water partition coefficient (Wildman–Crippen LogP) is 3.54. The minimum Gasteiger partial charge on any atom is -0.358 e. The van der Waals surface area contributed by atoms with Gasteiger partial charge in [-0.25, -0.2) is 0 Å². The first kappa shape index (κ1) is 10.2. The Morgan fingerprint density at radius 2 is 1.88 bits per heavy atom. The molecule has 0 spiro atoms. The number of halogens is 1. The number of nitrogens with zero attached hydrogens (tertiary/aromatic N) is 2. The third kappa shape index (κ3) is 1.54. The van der Waals surface area contributed by atoms with Gasteiger partial charge in [0.15, 0.2) is 0 Å². The van der Waals surface area contributed by atoms with Crippen molar-refractivity contribution in [1.29, 1.82) is 0 Å². The van der Waals surface area contributed by atoms with Crippen LogP contribution in [0.1, 0.15) is 12.8 Å². The third-order valence-corrected chi connectivity index (χ3v) is 3.90. The van der Waals surface area contributed by atoms with Gasteiger partial charge in [-0.2, -0.15) is 0 Å². The monoisotopic (exact) mass is 278 g/mol. The molecule has 0 amide bonds. The highest BCUT2D eigenvalue weighted by molar-refractivity contribution is 9.10. The van der Waals surface area contributed by atoms with Crippen LogP contribution in [0.3, 0.4) is 0 Å². The fourth-order valence-electron chi connectivity index (χ4n) is 2.56. The molecule has 2 heterocycles. The van der Waals surface area contributed by atoms with E-state index < -0.39 is 0 Å². The van der Waals surface area contributed by atoms with Crippen LogP contribution in [0.4, 0.5) is 5.82 Å². The first-order chi connectivity index (χ1) is 7.75. The van der Waals surface area contributed by atoms with E-state index in [0.717, 1.165) is 4.47 Å². The van der Waals surface area contributed by atoms with Gasteiger partial charge in [-0.05, 0) is 37.1 Å². The largest absolute Gasteiger partial charge is 0.358 e. The molecule has 2 aromatic rings. The molecule has 1 aromatic carbocycles. The zero-order valence-corrected chi connectivity index (χ0v) is 11.0. The average molecular weight is 279 g/mol. The van der Waals surface area contributed by atoms with Crippen molar-refractivity contribution < 1.29 is 0 Å². The highest BCUT2D eigenvalue weighted by Gasteiger charge is 2.16. The zero-order valence-electron chi connectivity index (χ0n) is 9.41. The fraction of sp³-hybridized carbons (Fsp3) is 0.385. The lowest BCUT2D eigenvalue weighted by Crippen LogP contribution is -2.20. The smallest absolute Gasteiger partial charge is 0.109 e. The van der Waals surface area contributed by atoms with Gasteiger partial charge in [0, 0.05) is 35.5 Å². The molecule has 0 N–H and O–H groups in total. The Morgan fingerprint density at radius 3 is 2.62 bits per heavy atom. The molecule has 0 atom stereocenters. The molecule has 0 radical (unpaired) electrons. The number of fused-ring (bicyclic) bond motifs is 1. The van der Waals surface area contributed by atoms with E-state index in [2.05, 4.69) is 56.7 Å². The van der Waals surface area contributed by atoms with Crippen molar-refractivity contribution in [2.45, 2.75) is 12.8 Å². The van der Waals surface area contributed by atoms with Gasteiger partial charge in [0.05, 0.1) is 0 Å². The summed E-state index contributed by atoms with van der Waals surface area (Å²) in [6, 6.07) is 8.77. The summed E-state index contributed by atoms with van der Waals surface area (Å²) in [5, 5.41) is 1.32. The molecular weight excluding hydrogens is 264 g/mol. The quantitative estimate of drug-likeness (QED) is 0.775. The van der Waals surface area contributed by atoms with E-state index >= 15 is 0 Å². The Kier molecular flexibility index (Phi) is 2.43. The maximum absolute atomic E-state index is 3.53. The predicted molar refractivity (Wildman–Crippen MR) is 72.1 cm³/mol. The molecule has 84 valence electrons. The van der Waals surface area contributed by atoms with Crippen LogP contribution in [-0.4, -0.2) is 17.7 Å². The second-order valence-corrected chi connectivity index (χ2v) is 5.37. The summed E-state index contributed by atoms with van der Waals surface area (Å²) in [6.07, 6.45) is 2.65. The molecule has 1 aliphatic rings. The summed E-state index contributed by atoms with van der Waals surface area (Å²) in [7, 11) is 2.16. The Bertz CT molecular complexity index is 524. The number of aryl methyl sites for hydroxylation is 1.